The largest absolute Gasteiger partial charge is 0.504 e. The van der Waals surface area contributed by atoms with Crippen molar-refractivity contribution in [3.8, 4) is 28.7 Å². The first-order valence-corrected chi connectivity index (χ1v) is 11.2. The second-order valence-electron chi connectivity index (χ2n) is 7.74. The van der Waals surface area contributed by atoms with Crippen LogP contribution in [0.15, 0.2) is 72.9 Å². The van der Waals surface area contributed by atoms with Gasteiger partial charge >= 0.3 is 0 Å². The van der Waals surface area contributed by atoms with Crippen LogP contribution >= 0.6 is 0 Å². The maximum absolute atomic E-state index is 10.2. The highest BCUT2D eigenvalue weighted by Gasteiger charge is 2.07. The zero-order valence-corrected chi connectivity index (χ0v) is 19.4. The summed E-state index contributed by atoms with van der Waals surface area (Å²) >= 11 is 0. The molecule has 1 heterocycles. The van der Waals surface area contributed by atoms with Crippen LogP contribution in [0.1, 0.15) is 12.0 Å². The zero-order chi connectivity index (χ0) is 23.8. The molecule has 0 saturated heterocycles. The number of phenolic OH excluding ortho intramolecular Hbond substituents is 1. The quantitative estimate of drug-likeness (QED) is 0.261. The van der Waals surface area contributed by atoms with Crippen molar-refractivity contribution in [3.63, 3.8) is 0 Å². The molecule has 0 unspecified atom stereocenters. The number of nitrogens with one attached hydrogen (secondary N) is 2. The van der Waals surface area contributed by atoms with Gasteiger partial charge in [0.1, 0.15) is 17.2 Å². The molecule has 1 aromatic heterocycles. The maximum atomic E-state index is 10.2. The van der Waals surface area contributed by atoms with Gasteiger partial charge < -0.3 is 30.0 Å². The van der Waals surface area contributed by atoms with Gasteiger partial charge in [-0.1, -0.05) is 12.1 Å². The number of hydrogen-bond acceptors (Lipinski definition) is 7. The van der Waals surface area contributed by atoms with Gasteiger partial charge in [0.05, 0.1) is 19.7 Å². The predicted molar refractivity (Wildman–Crippen MR) is 134 cm³/mol. The average molecular weight is 460 g/mol. The van der Waals surface area contributed by atoms with Gasteiger partial charge in [-0.25, -0.2) is 0 Å². The minimum absolute atomic E-state index is 0.189. The van der Waals surface area contributed by atoms with Crippen molar-refractivity contribution in [3.05, 3.63) is 78.5 Å². The predicted octanol–water partition coefficient (Wildman–Crippen LogP) is 5.34. The Labute approximate surface area is 199 Å². The number of hydrogen-bond donors (Lipinski definition) is 3. The van der Waals surface area contributed by atoms with Gasteiger partial charge in [0.15, 0.2) is 11.5 Å². The number of aromatic hydroxyl groups is 1. The van der Waals surface area contributed by atoms with Crippen LogP contribution in [0.4, 0.5) is 5.69 Å². The topological polar surface area (TPSA) is 84.9 Å². The number of aromatic nitrogens is 1. The molecule has 34 heavy (non-hydrogen) atoms. The smallest absolute Gasteiger partial charge is 0.162 e. The third-order valence-corrected chi connectivity index (χ3v) is 5.47. The van der Waals surface area contributed by atoms with Gasteiger partial charge in [-0.2, -0.15) is 0 Å². The van der Waals surface area contributed by atoms with Crippen LogP contribution in [-0.4, -0.2) is 37.4 Å². The molecular weight excluding hydrogens is 430 g/mol. The molecule has 7 nitrogen and oxygen atoms in total. The van der Waals surface area contributed by atoms with Gasteiger partial charge in [0.2, 0.25) is 0 Å². The van der Waals surface area contributed by atoms with Gasteiger partial charge in [-0.3, -0.25) is 4.98 Å². The number of anilines is 1. The third-order valence-electron chi connectivity index (χ3n) is 5.47. The van der Waals surface area contributed by atoms with E-state index in [2.05, 4.69) is 15.6 Å². The summed E-state index contributed by atoms with van der Waals surface area (Å²) in [6.07, 6.45) is 2.72. The second kappa shape index (κ2) is 11.2. The molecule has 0 fully saturated rings. The standard InChI is InChI=1S/C27H29N3O4/c1-32-20-7-9-21(10-8-20)34-22-11-12-23-24(13-16-30-25(23)17-22)29-15-4-14-28-18-19-5-3-6-26(33-2)27(19)31/h3,5-13,16-17,28,31H,4,14-15,18H2,1-2H3,(H,29,30). The summed E-state index contributed by atoms with van der Waals surface area (Å²) in [4.78, 5) is 4.50. The van der Waals surface area contributed by atoms with Crippen LogP contribution in [0.2, 0.25) is 0 Å². The molecule has 7 heteroatoms. The summed E-state index contributed by atoms with van der Waals surface area (Å²) in [5, 5.41) is 18.1. The van der Waals surface area contributed by atoms with E-state index >= 15 is 0 Å². The van der Waals surface area contributed by atoms with E-state index in [-0.39, 0.29) is 5.75 Å². The Kier molecular flexibility index (Phi) is 7.67. The molecule has 0 saturated carbocycles. The fourth-order valence-electron chi connectivity index (χ4n) is 3.66. The van der Waals surface area contributed by atoms with E-state index in [0.29, 0.717) is 12.3 Å². The normalized spacial score (nSPS) is 10.8. The third kappa shape index (κ3) is 5.68. The summed E-state index contributed by atoms with van der Waals surface area (Å²) in [5.41, 5.74) is 2.72. The lowest BCUT2D eigenvalue weighted by molar-refractivity contribution is 0.369. The molecule has 3 N–H and O–H groups in total. The van der Waals surface area contributed by atoms with E-state index in [9.17, 15) is 5.11 Å². The number of nitrogens with zero attached hydrogens (tertiary/aromatic N) is 1. The molecule has 4 rings (SSSR count). The molecular formula is C27H29N3O4. The summed E-state index contributed by atoms with van der Waals surface area (Å²) in [7, 11) is 3.19. The Bertz CT molecular complexity index is 1230. The lowest BCUT2D eigenvalue weighted by Crippen LogP contribution is -2.17. The van der Waals surface area contributed by atoms with Gasteiger partial charge in [0, 0.05) is 42.0 Å². The Morgan fingerprint density at radius 2 is 1.65 bits per heavy atom. The Hall–Kier alpha value is -3.97. The highest BCUT2D eigenvalue weighted by atomic mass is 16.5. The van der Waals surface area contributed by atoms with Crippen molar-refractivity contribution in [1.29, 1.82) is 0 Å². The highest BCUT2D eigenvalue weighted by molar-refractivity contribution is 5.91. The van der Waals surface area contributed by atoms with Crippen molar-refractivity contribution in [1.82, 2.24) is 10.3 Å². The molecule has 0 aliphatic rings. The van der Waals surface area contributed by atoms with E-state index < -0.39 is 0 Å². The second-order valence-corrected chi connectivity index (χ2v) is 7.74. The molecule has 176 valence electrons. The lowest BCUT2D eigenvalue weighted by atomic mass is 10.1. The first kappa shape index (κ1) is 23.2. The van der Waals surface area contributed by atoms with E-state index in [1.54, 1.807) is 26.5 Å². The number of rotatable bonds is 11. The Morgan fingerprint density at radius 1 is 0.853 bits per heavy atom. The lowest BCUT2D eigenvalue weighted by Gasteiger charge is -2.12. The maximum Gasteiger partial charge on any atom is 0.162 e. The first-order valence-electron chi connectivity index (χ1n) is 11.2. The number of ether oxygens (including phenoxy) is 3. The van der Waals surface area contributed by atoms with Crippen LogP contribution in [0.25, 0.3) is 10.9 Å². The Balaban J connectivity index is 1.29. The van der Waals surface area contributed by atoms with E-state index in [1.165, 1.54) is 0 Å². The van der Waals surface area contributed by atoms with Crippen LogP contribution in [-0.2, 0) is 6.54 Å². The van der Waals surface area contributed by atoms with E-state index in [0.717, 1.165) is 58.9 Å². The zero-order valence-electron chi connectivity index (χ0n) is 19.4. The highest BCUT2D eigenvalue weighted by Crippen LogP contribution is 2.30. The molecule has 0 amide bonds. The fourth-order valence-corrected chi connectivity index (χ4v) is 3.66. The number of para-hydroxylation sites is 1. The van der Waals surface area contributed by atoms with Crippen LogP contribution < -0.4 is 24.8 Å². The molecule has 0 radical (unpaired) electrons. The van der Waals surface area contributed by atoms with Gasteiger partial charge in [-0.15, -0.1) is 0 Å². The van der Waals surface area contributed by atoms with Crippen molar-refractivity contribution in [2.45, 2.75) is 13.0 Å². The van der Waals surface area contributed by atoms with E-state index in [4.69, 9.17) is 14.2 Å². The van der Waals surface area contributed by atoms with Crippen LogP contribution in [0.3, 0.4) is 0 Å². The number of benzene rings is 3. The van der Waals surface area contributed by atoms with E-state index in [1.807, 2.05) is 60.7 Å². The number of phenols is 1. The van der Waals surface area contributed by atoms with Crippen molar-refractivity contribution in [2.24, 2.45) is 0 Å². The van der Waals surface area contributed by atoms with Gasteiger partial charge in [0.25, 0.3) is 0 Å². The van der Waals surface area contributed by atoms with Crippen molar-refractivity contribution >= 4 is 16.6 Å². The Morgan fingerprint density at radius 3 is 2.44 bits per heavy atom. The number of fused-ring (bicyclic) bond motifs is 1. The van der Waals surface area contributed by atoms with Crippen LogP contribution in [0, 0.1) is 0 Å². The SMILES string of the molecule is COc1ccc(Oc2ccc3c(NCCCNCc4cccc(OC)c4O)ccnc3c2)cc1. The monoisotopic (exact) mass is 459 g/mol. The average Bonchev–Trinajstić information content (AvgIpc) is 2.87. The molecule has 3 aromatic carbocycles. The van der Waals surface area contributed by atoms with Gasteiger partial charge in [-0.05, 0) is 61.5 Å². The molecule has 4 aromatic rings. The summed E-state index contributed by atoms with van der Waals surface area (Å²) in [6.45, 7) is 2.20. The minimum Gasteiger partial charge on any atom is -0.504 e. The molecule has 0 bridgehead atoms. The first-order chi connectivity index (χ1) is 16.7. The number of methoxy groups -OCH3 is 2. The molecule has 0 atom stereocenters. The summed E-state index contributed by atoms with van der Waals surface area (Å²) in [6, 6.07) is 20.9. The van der Waals surface area contributed by atoms with Crippen molar-refractivity contribution in [2.75, 3.05) is 32.6 Å². The minimum atomic E-state index is 0.189. The van der Waals surface area contributed by atoms with Crippen LogP contribution in [0.5, 0.6) is 28.7 Å². The summed E-state index contributed by atoms with van der Waals surface area (Å²) in [5.74, 6) is 2.94. The number of pyridine rings is 1. The molecule has 0 spiro atoms. The summed E-state index contributed by atoms with van der Waals surface area (Å²) < 4.78 is 16.3. The molecule has 0 aliphatic heterocycles. The molecule has 0 aliphatic carbocycles. The van der Waals surface area contributed by atoms with Crippen molar-refractivity contribution < 1.29 is 19.3 Å². The fraction of sp³-hybridized carbons (Fsp3) is 0.222.